The molecule has 0 aliphatic carbocycles. The fraction of sp³-hybridized carbons (Fsp3) is 0.414. The second kappa shape index (κ2) is 9.79. The van der Waals surface area contributed by atoms with Crippen molar-refractivity contribution in [3.63, 3.8) is 0 Å². The summed E-state index contributed by atoms with van der Waals surface area (Å²) in [7, 11) is 1.85. The van der Waals surface area contributed by atoms with Crippen molar-refractivity contribution in [2.45, 2.75) is 59.7 Å². The van der Waals surface area contributed by atoms with Gasteiger partial charge in [-0.1, -0.05) is 17.3 Å². The summed E-state index contributed by atoms with van der Waals surface area (Å²) in [6, 6.07) is 8.01. The molecule has 1 aliphatic rings. The van der Waals surface area contributed by atoms with Crippen LogP contribution in [0.3, 0.4) is 0 Å². The molecule has 38 heavy (non-hydrogen) atoms. The Balaban J connectivity index is 1.56. The van der Waals surface area contributed by atoms with Gasteiger partial charge < -0.3 is 9.84 Å². The second-order valence-electron chi connectivity index (χ2n) is 10.9. The molecule has 9 heteroatoms. The van der Waals surface area contributed by atoms with Gasteiger partial charge in [0.1, 0.15) is 17.4 Å². The average Bonchev–Trinajstić information content (AvgIpc) is 3.16. The Hall–Kier alpha value is -3.85. The van der Waals surface area contributed by atoms with Crippen LogP contribution in [0.25, 0.3) is 11.0 Å². The first-order valence-electron chi connectivity index (χ1n) is 12.9. The fourth-order valence-electron chi connectivity index (χ4n) is 5.52. The van der Waals surface area contributed by atoms with Crippen LogP contribution in [0, 0.1) is 19.3 Å². The number of hydrogen-bond donors (Lipinski definition) is 1. The van der Waals surface area contributed by atoms with Crippen LogP contribution in [0.4, 0.5) is 0 Å². The predicted molar refractivity (Wildman–Crippen MR) is 144 cm³/mol. The van der Waals surface area contributed by atoms with E-state index in [1.807, 2.05) is 51.5 Å². The van der Waals surface area contributed by atoms with E-state index < -0.39 is 17.3 Å². The van der Waals surface area contributed by atoms with E-state index in [1.165, 1.54) is 0 Å². The van der Waals surface area contributed by atoms with Crippen LogP contribution in [-0.2, 0) is 24.9 Å². The second-order valence-corrected chi connectivity index (χ2v) is 10.9. The first-order valence-corrected chi connectivity index (χ1v) is 12.9. The van der Waals surface area contributed by atoms with E-state index in [9.17, 15) is 9.90 Å². The molecular weight excluding hydrogens is 480 g/mol. The number of aromatic nitrogens is 5. The molecule has 0 amide bonds. The quantitative estimate of drug-likeness (QED) is 0.404. The van der Waals surface area contributed by atoms with Crippen molar-refractivity contribution in [2.24, 2.45) is 12.5 Å². The van der Waals surface area contributed by atoms with Gasteiger partial charge in [-0.3, -0.25) is 19.7 Å². The van der Waals surface area contributed by atoms with Gasteiger partial charge in [-0.2, -0.15) is 0 Å². The predicted octanol–water partition coefficient (Wildman–Crippen LogP) is 4.40. The maximum atomic E-state index is 12.6. The summed E-state index contributed by atoms with van der Waals surface area (Å²) in [5, 5.41) is 18.8. The highest BCUT2D eigenvalue weighted by molar-refractivity contribution is 5.81. The molecular formula is C29H34N6O3. The Labute approximate surface area is 222 Å². The molecule has 0 saturated carbocycles. The Morgan fingerprint density at radius 3 is 2.79 bits per heavy atom. The van der Waals surface area contributed by atoms with Crippen molar-refractivity contribution in [3.8, 4) is 5.75 Å². The fourth-order valence-corrected chi connectivity index (χ4v) is 5.52. The lowest BCUT2D eigenvalue weighted by Gasteiger charge is -2.33. The molecule has 1 aromatic carbocycles. The Bertz CT molecular complexity index is 1510. The summed E-state index contributed by atoms with van der Waals surface area (Å²) in [6.45, 7) is 11.7. The van der Waals surface area contributed by atoms with Crippen LogP contribution < -0.4 is 4.74 Å². The van der Waals surface area contributed by atoms with Gasteiger partial charge in [-0.25, -0.2) is 4.68 Å². The molecule has 9 nitrogen and oxygen atoms in total. The standard InChI is InChI=1S/C29H34N6O3/c1-17-14-35(16-22-12-30-10-9-25(22)38-17)15-21-11-20(13-31-19(21)3)26(29(4,5)28(36)37)23-7-8-24-27(18(23)2)32-33-34(24)6/h7-13,17,26H,14-16H2,1-6H3,(H,36,37)/t17-,26?/m1/s1. The Kier molecular flexibility index (Phi) is 6.65. The average molecular weight is 515 g/mol. The highest BCUT2D eigenvalue weighted by Gasteiger charge is 2.40. The molecule has 198 valence electrons. The van der Waals surface area contributed by atoms with Crippen molar-refractivity contribution < 1.29 is 14.6 Å². The molecule has 0 saturated heterocycles. The lowest BCUT2D eigenvalue weighted by atomic mass is 9.70. The smallest absolute Gasteiger partial charge is 0.310 e. The van der Waals surface area contributed by atoms with Crippen molar-refractivity contribution in [1.29, 1.82) is 0 Å². The van der Waals surface area contributed by atoms with Crippen molar-refractivity contribution in [2.75, 3.05) is 6.54 Å². The van der Waals surface area contributed by atoms with Crippen LogP contribution >= 0.6 is 0 Å². The lowest BCUT2D eigenvalue weighted by Crippen LogP contribution is -2.33. The van der Waals surface area contributed by atoms with Gasteiger partial charge in [0.25, 0.3) is 0 Å². The molecule has 3 aromatic heterocycles. The maximum Gasteiger partial charge on any atom is 0.310 e. The molecule has 1 unspecified atom stereocenters. The number of rotatable bonds is 6. The third-order valence-corrected chi connectivity index (χ3v) is 7.70. The zero-order chi connectivity index (χ0) is 27.2. The SMILES string of the molecule is Cc1ncc(C(c2ccc3c(nnn3C)c2C)C(C)(C)C(=O)O)cc1CN1Cc2cnccc2O[C@H](C)C1. The number of carboxylic acids is 1. The highest BCUT2D eigenvalue weighted by Crippen LogP contribution is 2.43. The minimum Gasteiger partial charge on any atom is -0.489 e. The molecule has 4 aromatic rings. The third-order valence-electron chi connectivity index (χ3n) is 7.70. The van der Waals surface area contributed by atoms with Crippen LogP contribution in [0.5, 0.6) is 5.75 Å². The van der Waals surface area contributed by atoms with Crippen molar-refractivity contribution in [1.82, 2.24) is 29.9 Å². The maximum absolute atomic E-state index is 12.6. The molecule has 5 rings (SSSR count). The van der Waals surface area contributed by atoms with E-state index in [0.717, 1.165) is 56.8 Å². The van der Waals surface area contributed by atoms with Crippen LogP contribution in [0.15, 0.2) is 42.9 Å². The van der Waals surface area contributed by atoms with Crippen LogP contribution in [-0.4, -0.2) is 53.6 Å². The van der Waals surface area contributed by atoms with Crippen molar-refractivity contribution >= 4 is 17.0 Å². The highest BCUT2D eigenvalue weighted by atomic mass is 16.5. The normalized spacial score (nSPS) is 17.1. The number of aryl methyl sites for hydroxylation is 3. The number of aliphatic carboxylic acids is 1. The summed E-state index contributed by atoms with van der Waals surface area (Å²) in [6.07, 6.45) is 5.46. The lowest BCUT2D eigenvalue weighted by molar-refractivity contribution is -0.147. The number of benzene rings is 1. The van der Waals surface area contributed by atoms with E-state index in [-0.39, 0.29) is 6.10 Å². The summed E-state index contributed by atoms with van der Waals surface area (Å²) in [5.41, 5.74) is 6.35. The molecule has 0 spiro atoms. The van der Waals surface area contributed by atoms with E-state index >= 15 is 0 Å². The van der Waals surface area contributed by atoms with E-state index in [4.69, 9.17) is 9.72 Å². The summed E-state index contributed by atoms with van der Waals surface area (Å²) in [4.78, 5) is 23.9. The van der Waals surface area contributed by atoms with Gasteiger partial charge in [0.2, 0.25) is 0 Å². The molecule has 1 aliphatic heterocycles. The van der Waals surface area contributed by atoms with Crippen molar-refractivity contribution in [3.05, 3.63) is 76.4 Å². The van der Waals surface area contributed by atoms with Gasteiger partial charge in [-0.05, 0) is 69.0 Å². The summed E-state index contributed by atoms with van der Waals surface area (Å²) in [5.74, 6) is -0.433. The number of nitrogens with zero attached hydrogens (tertiary/aromatic N) is 6. The molecule has 0 radical (unpaired) electrons. The van der Waals surface area contributed by atoms with Crippen LogP contribution in [0.2, 0.25) is 0 Å². The zero-order valence-electron chi connectivity index (χ0n) is 22.8. The minimum absolute atomic E-state index is 0.0233. The number of hydrogen-bond acceptors (Lipinski definition) is 7. The Morgan fingerprint density at radius 1 is 1.24 bits per heavy atom. The molecule has 0 bridgehead atoms. The first kappa shape index (κ1) is 25.8. The third kappa shape index (κ3) is 4.62. The molecule has 0 fully saturated rings. The topological polar surface area (TPSA) is 106 Å². The van der Waals surface area contributed by atoms with Gasteiger partial charge >= 0.3 is 5.97 Å². The van der Waals surface area contributed by atoms with E-state index in [1.54, 1.807) is 24.7 Å². The number of pyridine rings is 2. The van der Waals surface area contributed by atoms with Crippen LogP contribution in [0.1, 0.15) is 60.2 Å². The number of fused-ring (bicyclic) bond motifs is 2. The van der Waals surface area contributed by atoms with Gasteiger partial charge in [0, 0.05) is 62.4 Å². The summed E-state index contributed by atoms with van der Waals surface area (Å²) >= 11 is 0. The number of carbonyl (C=O) groups is 1. The molecule has 1 N–H and O–H groups in total. The summed E-state index contributed by atoms with van der Waals surface area (Å²) < 4.78 is 7.85. The zero-order valence-corrected chi connectivity index (χ0v) is 22.8. The van der Waals surface area contributed by atoms with Gasteiger partial charge in [-0.15, -0.1) is 5.10 Å². The molecule has 2 atom stereocenters. The largest absolute Gasteiger partial charge is 0.489 e. The first-order chi connectivity index (χ1) is 18.1. The number of carboxylic acid groups (broad SMARTS) is 1. The minimum atomic E-state index is -1.09. The molecule has 4 heterocycles. The monoisotopic (exact) mass is 514 g/mol. The van der Waals surface area contributed by atoms with Gasteiger partial charge in [0.15, 0.2) is 0 Å². The number of ether oxygens (including phenoxy) is 1. The van der Waals surface area contributed by atoms with E-state index in [2.05, 4.69) is 33.2 Å². The Morgan fingerprint density at radius 2 is 2.03 bits per heavy atom. The van der Waals surface area contributed by atoms with Gasteiger partial charge in [0.05, 0.1) is 10.9 Å². The van der Waals surface area contributed by atoms with E-state index in [0.29, 0.717) is 13.1 Å².